The quantitative estimate of drug-likeness (QED) is 0.893. The van der Waals surface area contributed by atoms with Gasteiger partial charge in [-0.15, -0.1) is 0 Å². The Hall–Kier alpha value is -2.23. The van der Waals surface area contributed by atoms with Crippen LogP contribution in [-0.2, 0) is 12.8 Å². The van der Waals surface area contributed by atoms with Crippen LogP contribution >= 0.6 is 0 Å². The van der Waals surface area contributed by atoms with Gasteiger partial charge in [-0.05, 0) is 31.4 Å². The summed E-state index contributed by atoms with van der Waals surface area (Å²) < 4.78 is 0. The van der Waals surface area contributed by atoms with Gasteiger partial charge < -0.3 is 5.11 Å². The van der Waals surface area contributed by atoms with E-state index >= 15 is 0 Å². The van der Waals surface area contributed by atoms with Gasteiger partial charge in [0.2, 0.25) is 5.82 Å². The Balaban J connectivity index is 2.06. The number of nitrogens with zero attached hydrogens (tertiary/aromatic N) is 2. The molecule has 0 amide bonds. The standard InChI is InChI=1S/C14H14N2O2/c1-10-3-2-4-11(9-10)5-6-12-7-8-15-13(16-12)14(17)18/h2-4,7-9H,5-6H2,1H3,(H,17,18). The summed E-state index contributed by atoms with van der Waals surface area (Å²) in [6.45, 7) is 2.05. The Morgan fingerprint density at radius 3 is 2.83 bits per heavy atom. The molecule has 92 valence electrons. The van der Waals surface area contributed by atoms with Crippen molar-refractivity contribution < 1.29 is 9.90 Å². The lowest BCUT2D eigenvalue weighted by molar-refractivity contribution is 0.0683. The minimum absolute atomic E-state index is 0.142. The molecular weight excluding hydrogens is 228 g/mol. The van der Waals surface area contributed by atoms with Crippen molar-refractivity contribution >= 4 is 5.97 Å². The van der Waals surface area contributed by atoms with Gasteiger partial charge in [-0.3, -0.25) is 0 Å². The van der Waals surface area contributed by atoms with Crippen LogP contribution in [0.2, 0.25) is 0 Å². The fraction of sp³-hybridized carbons (Fsp3) is 0.214. The summed E-state index contributed by atoms with van der Waals surface area (Å²) in [5.41, 5.74) is 3.20. The molecule has 1 heterocycles. The van der Waals surface area contributed by atoms with Crippen LogP contribution in [0.4, 0.5) is 0 Å². The number of carboxylic acid groups (broad SMARTS) is 1. The Labute approximate surface area is 105 Å². The average molecular weight is 242 g/mol. The van der Waals surface area contributed by atoms with E-state index in [1.54, 1.807) is 6.07 Å². The highest BCUT2D eigenvalue weighted by atomic mass is 16.4. The lowest BCUT2D eigenvalue weighted by Gasteiger charge is -2.03. The van der Waals surface area contributed by atoms with Gasteiger partial charge in [-0.1, -0.05) is 29.8 Å². The number of rotatable bonds is 4. The van der Waals surface area contributed by atoms with Crippen LogP contribution in [0.3, 0.4) is 0 Å². The summed E-state index contributed by atoms with van der Waals surface area (Å²) in [6, 6.07) is 10.0. The van der Waals surface area contributed by atoms with Crippen LogP contribution in [0.5, 0.6) is 0 Å². The second-order valence-electron chi connectivity index (χ2n) is 4.17. The third kappa shape index (κ3) is 3.13. The number of hydrogen-bond donors (Lipinski definition) is 1. The fourth-order valence-electron chi connectivity index (χ4n) is 1.78. The number of carbonyl (C=O) groups is 1. The van der Waals surface area contributed by atoms with E-state index in [4.69, 9.17) is 5.11 Å². The maximum absolute atomic E-state index is 10.7. The largest absolute Gasteiger partial charge is 0.475 e. The Bertz CT molecular complexity index is 567. The molecule has 0 aliphatic rings. The SMILES string of the molecule is Cc1cccc(CCc2ccnc(C(=O)O)n2)c1. The molecule has 18 heavy (non-hydrogen) atoms. The highest BCUT2D eigenvalue weighted by Crippen LogP contribution is 2.08. The second kappa shape index (κ2) is 5.40. The number of hydrogen-bond acceptors (Lipinski definition) is 3. The van der Waals surface area contributed by atoms with Crippen LogP contribution in [0.15, 0.2) is 36.5 Å². The van der Waals surface area contributed by atoms with E-state index in [9.17, 15) is 4.79 Å². The van der Waals surface area contributed by atoms with Gasteiger partial charge in [0.25, 0.3) is 0 Å². The molecule has 4 heteroatoms. The van der Waals surface area contributed by atoms with Crippen LogP contribution in [0.25, 0.3) is 0 Å². The van der Waals surface area contributed by atoms with Crippen molar-refractivity contribution in [1.82, 2.24) is 9.97 Å². The Kier molecular flexibility index (Phi) is 3.67. The molecule has 0 saturated heterocycles. The zero-order valence-electron chi connectivity index (χ0n) is 10.1. The first kappa shape index (κ1) is 12.2. The molecule has 1 N–H and O–H groups in total. The van der Waals surface area contributed by atoms with E-state index in [-0.39, 0.29) is 5.82 Å². The molecule has 0 unspecified atom stereocenters. The van der Waals surface area contributed by atoms with E-state index in [2.05, 4.69) is 35.1 Å². The molecule has 0 aliphatic heterocycles. The van der Waals surface area contributed by atoms with Crippen molar-refractivity contribution in [2.75, 3.05) is 0 Å². The minimum Gasteiger partial charge on any atom is -0.475 e. The van der Waals surface area contributed by atoms with Crippen molar-refractivity contribution in [2.45, 2.75) is 19.8 Å². The second-order valence-corrected chi connectivity index (χ2v) is 4.17. The summed E-state index contributed by atoms with van der Waals surface area (Å²) in [6.07, 6.45) is 3.05. The zero-order chi connectivity index (χ0) is 13.0. The molecule has 0 atom stereocenters. The van der Waals surface area contributed by atoms with E-state index < -0.39 is 5.97 Å². The number of carboxylic acids is 1. The highest BCUT2D eigenvalue weighted by molar-refractivity contribution is 5.82. The number of benzene rings is 1. The molecule has 2 rings (SSSR count). The van der Waals surface area contributed by atoms with Gasteiger partial charge in [0.1, 0.15) is 0 Å². The van der Waals surface area contributed by atoms with Crippen molar-refractivity contribution in [3.8, 4) is 0 Å². The van der Waals surface area contributed by atoms with E-state index in [1.807, 2.05) is 6.07 Å². The van der Waals surface area contributed by atoms with Gasteiger partial charge in [0, 0.05) is 11.9 Å². The molecule has 2 aromatic rings. The molecule has 0 aliphatic carbocycles. The first-order valence-electron chi connectivity index (χ1n) is 5.76. The molecule has 0 radical (unpaired) electrons. The van der Waals surface area contributed by atoms with Crippen molar-refractivity contribution in [2.24, 2.45) is 0 Å². The minimum atomic E-state index is -1.09. The summed E-state index contributed by atoms with van der Waals surface area (Å²) >= 11 is 0. The summed E-state index contributed by atoms with van der Waals surface area (Å²) in [4.78, 5) is 18.4. The zero-order valence-corrected chi connectivity index (χ0v) is 10.1. The molecule has 4 nitrogen and oxygen atoms in total. The first-order chi connectivity index (χ1) is 8.65. The van der Waals surface area contributed by atoms with Crippen molar-refractivity contribution in [3.63, 3.8) is 0 Å². The summed E-state index contributed by atoms with van der Waals surface area (Å²) in [5.74, 6) is -1.23. The third-order valence-corrected chi connectivity index (χ3v) is 2.66. The smallest absolute Gasteiger partial charge is 0.373 e. The monoisotopic (exact) mass is 242 g/mol. The molecule has 0 spiro atoms. The predicted octanol–water partition coefficient (Wildman–Crippen LogP) is 2.27. The average Bonchev–Trinajstić information content (AvgIpc) is 2.37. The Morgan fingerprint density at radius 1 is 1.28 bits per heavy atom. The van der Waals surface area contributed by atoms with Crippen LogP contribution in [0, 0.1) is 6.92 Å². The third-order valence-electron chi connectivity index (χ3n) is 2.66. The van der Waals surface area contributed by atoms with Crippen molar-refractivity contribution in [3.05, 3.63) is 59.2 Å². The van der Waals surface area contributed by atoms with E-state index in [1.165, 1.54) is 17.3 Å². The van der Waals surface area contributed by atoms with Crippen LogP contribution < -0.4 is 0 Å². The normalized spacial score (nSPS) is 10.3. The van der Waals surface area contributed by atoms with Crippen LogP contribution in [0.1, 0.15) is 27.4 Å². The summed E-state index contributed by atoms with van der Waals surface area (Å²) in [7, 11) is 0. The first-order valence-corrected chi connectivity index (χ1v) is 5.76. The predicted molar refractivity (Wildman–Crippen MR) is 67.6 cm³/mol. The molecule has 0 saturated carbocycles. The highest BCUT2D eigenvalue weighted by Gasteiger charge is 2.06. The lowest BCUT2D eigenvalue weighted by atomic mass is 10.1. The van der Waals surface area contributed by atoms with Crippen LogP contribution in [-0.4, -0.2) is 21.0 Å². The fourth-order valence-corrected chi connectivity index (χ4v) is 1.78. The van der Waals surface area contributed by atoms with E-state index in [0.29, 0.717) is 6.42 Å². The molecule has 0 bridgehead atoms. The van der Waals surface area contributed by atoms with Gasteiger partial charge in [0.05, 0.1) is 0 Å². The van der Waals surface area contributed by atoms with Crippen molar-refractivity contribution in [1.29, 1.82) is 0 Å². The van der Waals surface area contributed by atoms with Gasteiger partial charge in [0.15, 0.2) is 0 Å². The Morgan fingerprint density at radius 2 is 2.11 bits per heavy atom. The maximum Gasteiger partial charge on any atom is 0.373 e. The molecule has 1 aromatic carbocycles. The van der Waals surface area contributed by atoms with E-state index in [0.717, 1.165) is 12.1 Å². The van der Waals surface area contributed by atoms with Gasteiger partial charge in [-0.2, -0.15) is 0 Å². The lowest BCUT2D eigenvalue weighted by Crippen LogP contribution is -2.06. The maximum atomic E-state index is 10.7. The molecule has 1 aromatic heterocycles. The molecular formula is C14H14N2O2. The topological polar surface area (TPSA) is 63.1 Å². The number of aromatic nitrogens is 2. The van der Waals surface area contributed by atoms with Gasteiger partial charge in [-0.25, -0.2) is 14.8 Å². The number of aromatic carboxylic acids is 1. The molecule has 0 fully saturated rings. The van der Waals surface area contributed by atoms with Gasteiger partial charge >= 0.3 is 5.97 Å². The number of aryl methyl sites for hydroxylation is 3. The summed E-state index contributed by atoms with van der Waals surface area (Å²) in [5, 5.41) is 8.81.